The molecule has 7 nitrogen and oxygen atoms in total. The number of nitrogens with one attached hydrogen (secondary N) is 1. The molecule has 2 rings (SSSR count). The Bertz CT molecular complexity index is 1080. The number of nitrogens with zero attached hydrogens (tertiary/aromatic N) is 2. The number of carbonyl (C=O) groups is 2. The van der Waals surface area contributed by atoms with Crippen molar-refractivity contribution in [3.05, 3.63) is 63.6 Å². The molecule has 0 spiro atoms. The molecule has 10 heteroatoms. The summed E-state index contributed by atoms with van der Waals surface area (Å²) in [6.07, 6.45) is 1.37. The van der Waals surface area contributed by atoms with E-state index in [1.807, 2.05) is 6.92 Å². The van der Waals surface area contributed by atoms with E-state index in [0.717, 1.165) is 16.1 Å². The molecule has 0 saturated carbocycles. The Balaban J connectivity index is 2.44. The van der Waals surface area contributed by atoms with Gasteiger partial charge >= 0.3 is 0 Å². The normalized spacial score (nSPS) is 12.2. The highest BCUT2D eigenvalue weighted by molar-refractivity contribution is 7.92. The third-order valence-corrected chi connectivity index (χ3v) is 6.72. The first-order chi connectivity index (χ1) is 15.0. The summed E-state index contributed by atoms with van der Waals surface area (Å²) in [6.45, 7) is 3.22. The Morgan fingerprint density at radius 3 is 2.22 bits per heavy atom. The Kier molecular flexibility index (Phi) is 8.95. The summed E-state index contributed by atoms with van der Waals surface area (Å²) in [4.78, 5) is 27.3. The van der Waals surface area contributed by atoms with Gasteiger partial charge in [-0.25, -0.2) is 8.42 Å². The fraction of sp³-hybridized carbons (Fsp3) is 0.364. The van der Waals surface area contributed by atoms with Gasteiger partial charge in [0.05, 0.1) is 11.9 Å². The van der Waals surface area contributed by atoms with Crippen LogP contribution in [0.4, 0.5) is 5.69 Å². The number of benzene rings is 2. The zero-order valence-electron chi connectivity index (χ0n) is 18.4. The van der Waals surface area contributed by atoms with Gasteiger partial charge in [0, 0.05) is 23.6 Å². The number of hydrogen-bond acceptors (Lipinski definition) is 4. The summed E-state index contributed by atoms with van der Waals surface area (Å²) in [6, 6.07) is 10.9. The Morgan fingerprint density at radius 2 is 1.72 bits per heavy atom. The number of hydrogen-bond donors (Lipinski definition) is 1. The average molecular weight is 500 g/mol. The minimum atomic E-state index is -3.76. The van der Waals surface area contributed by atoms with E-state index in [1.54, 1.807) is 49.4 Å². The highest BCUT2D eigenvalue weighted by atomic mass is 35.5. The number of halogens is 2. The first kappa shape index (κ1) is 26.0. The van der Waals surface area contributed by atoms with Gasteiger partial charge in [0.15, 0.2) is 0 Å². The highest BCUT2D eigenvalue weighted by Gasteiger charge is 2.31. The van der Waals surface area contributed by atoms with Crippen LogP contribution >= 0.6 is 23.2 Å². The van der Waals surface area contributed by atoms with E-state index in [-0.39, 0.29) is 12.5 Å². The number of amides is 2. The zero-order chi connectivity index (χ0) is 24.1. The Morgan fingerprint density at radius 1 is 1.09 bits per heavy atom. The lowest BCUT2D eigenvalue weighted by atomic mass is 10.1. The molecule has 174 valence electrons. The summed E-state index contributed by atoms with van der Waals surface area (Å²) in [5.74, 6) is -0.885. The molecule has 2 aromatic carbocycles. The maximum Gasteiger partial charge on any atom is 0.244 e. The quantitative estimate of drug-likeness (QED) is 0.570. The molecule has 0 aliphatic rings. The number of anilines is 1. The molecule has 2 amide bonds. The zero-order valence-corrected chi connectivity index (χ0v) is 20.8. The van der Waals surface area contributed by atoms with Crippen LogP contribution in [0.25, 0.3) is 0 Å². The van der Waals surface area contributed by atoms with Crippen molar-refractivity contribution in [3.8, 4) is 0 Å². The summed E-state index contributed by atoms with van der Waals surface area (Å²) in [5, 5.41) is 3.35. The standard InChI is InChI=1S/C22H27Cl2N3O4S/c1-5-20(22(29)25-3)26(13-16-8-9-17(23)12-19(16)24)21(28)14-27(32(4,30)31)18-10-6-15(2)7-11-18/h6-12,20H,5,13-14H2,1-4H3,(H,25,29). The maximum absolute atomic E-state index is 13.4. The van der Waals surface area contributed by atoms with Crippen molar-refractivity contribution in [1.82, 2.24) is 10.2 Å². The van der Waals surface area contributed by atoms with Gasteiger partial charge in [0.1, 0.15) is 12.6 Å². The Hall–Kier alpha value is -2.29. The van der Waals surface area contributed by atoms with Crippen LogP contribution in [-0.4, -0.2) is 51.0 Å². The number of likely N-dealkylation sites (N-methyl/N-ethyl adjacent to an activating group) is 1. The second-order valence-corrected chi connectivity index (χ2v) is 10.2. The fourth-order valence-electron chi connectivity index (χ4n) is 3.24. The number of rotatable bonds is 9. The lowest BCUT2D eigenvalue weighted by Gasteiger charge is -2.32. The summed E-state index contributed by atoms with van der Waals surface area (Å²) in [7, 11) is -2.28. The largest absolute Gasteiger partial charge is 0.357 e. The molecule has 0 radical (unpaired) electrons. The molecule has 0 aliphatic carbocycles. The third kappa shape index (κ3) is 6.60. The van der Waals surface area contributed by atoms with E-state index >= 15 is 0 Å². The SMILES string of the molecule is CCC(C(=O)NC)N(Cc1ccc(Cl)cc1Cl)C(=O)CN(c1ccc(C)cc1)S(C)(=O)=O. The molecular weight excluding hydrogens is 473 g/mol. The highest BCUT2D eigenvalue weighted by Crippen LogP contribution is 2.25. The van der Waals surface area contributed by atoms with Crippen LogP contribution in [0.3, 0.4) is 0 Å². The second kappa shape index (κ2) is 11.0. The lowest BCUT2D eigenvalue weighted by molar-refractivity contribution is -0.140. The van der Waals surface area contributed by atoms with Crippen molar-refractivity contribution in [2.45, 2.75) is 32.9 Å². The minimum Gasteiger partial charge on any atom is -0.357 e. The molecular formula is C22H27Cl2N3O4S. The molecule has 0 aliphatic heterocycles. The maximum atomic E-state index is 13.4. The van der Waals surface area contributed by atoms with E-state index < -0.39 is 28.5 Å². The van der Waals surface area contributed by atoms with Crippen LogP contribution in [0.2, 0.25) is 10.0 Å². The molecule has 32 heavy (non-hydrogen) atoms. The molecule has 0 fully saturated rings. The van der Waals surface area contributed by atoms with Gasteiger partial charge in [-0.3, -0.25) is 13.9 Å². The molecule has 0 saturated heterocycles. The predicted molar refractivity (Wildman–Crippen MR) is 129 cm³/mol. The Labute approximate surface area is 199 Å². The average Bonchev–Trinajstić information content (AvgIpc) is 2.73. The van der Waals surface area contributed by atoms with Crippen molar-refractivity contribution in [2.24, 2.45) is 0 Å². The van der Waals surface area contributed by atoms with Crippen molar-refractivity contribution in [2.75, 3.05) is 24.2 Å². The van der Waals surface area contributed by atoms with E-state index in [0.29, 0.717) is 27.7 Å². The van der Waals surface area contributed by atoms with E-state index in [1.165, 1.54) is 11.9 Å². The smallest absolute Gasteiger partial charge is 0.244 e. The number of sulfonamides is 1. The van der Waals surface area contributed by atoms with Crippen LogP contribution < -0.4 is 9.62 Å². The first-order valence-electron chi connectivity index (χ1n) is 9.97. The van der Waals surface area contributed by atoms with Gasteiger partial charge in [-0.2, -0.15) is 0 Å². The van der Waals surface area contributed by atoms with Gasteiger partial charge in [0.25, 0.3) is 0 Å². The topological polar surface area (TPSA) is 86.8 Å². The lowest BCUT2D eigenvalue weighted by Crippen LogP contribution is -2.51. The van der Waals surface area contributed by atoms with Gasteiger partial charge in [-0.1, -0.05) is 53.9 Å². The van der Waals surface area contributed by atoms with Crippen molar-refractivity contribution in [1.29, 1.82) is 0 Å². The molecule has 1 unspecified atom stereocenters. The molecule has 1 N–H and O–H groups in total. The van der Waals surface area contributed by atoms with Gasteiger partial charge in [-0.05, 0) is 43.2 Å². The molecule has 0 aromatic heterocycles. The summed E-state index contributed by atoms with van der Waals surface area (Å²) >= 11 is 12.3. The van der Waals surface area contributed by atoms with E-state index in [4.69, 9.17) is 23.2 Å². The molecule has 2 aromatic rings. The van der Waals surface area contributed by atoms with Gasteiger partial charge in [-0.15, -0.1) is 0 Å². The molecule has 1 atom stereocenters. The monoisotopic (exact) mass is 499 g/mol. The third-order valence-electron chi connectivity index (χ3n) is 4.99. The van der Waals surface area contributed by atoms with Crippen LogP contribution in [0.1, 0.15) is 24.5 Å². The molecule has 0 bridgehead atoms. The van der Waals surface area contributed by atoms with Crippen LogP contribution in [0.15, 0.2) is 42.5 Å². The number of aryl methyl sites for hydroxylation is 1. The van der Waals surface area contributed by atoms with E-state index in [9.17, 15) is 18.0 Å². The molecule has 0 heterocycles. The summed E-state index contributed by atoms with van der Waals surface area (Å²) in [5.41, 5.74) is 1.91. The van der Waals surface area contributed by atoms with Gasteiger partial charge in [0.2, 0.25) is 21.8 Å². The van der Waals surface area contributed by atoms with E-state index in [2.05, 4.69) is 5.32 Å². The fourth-order valence-corrected chi connectivity index (χ4v) is 4.56. The van der Waals surface area contributed by atoms with Crippen molar-refractivity contribution < 1.29 is 18.0 Å². The van der Waals surface area contributed by atoms with Crippen molar-refractivity contribution in [3.63, 3.8) is 0 Å². The first-order valence-corrected chi connectivity index (χ1v) is 12.6. The second-order valence-electron chi connectivity index (χ2n) is 7.40. The van der Waals surface area contributed by atoms with Gasteiger partial charge < -0.3 is 10.2 Å². The number of carbonyl (C=O) groups excluding carboxylic acids is 2. The predicted octanol–water partition coefficient (Wildman–Crippen LogP) is 3.62. The van der Waals surface area contributed by atoms with Crippen molar-refractivity contribution >= 4 is 50.7 Å². The van der Waals surface area contributed by atoms with Crippen LogP contribution in [0.5, 0.6) is 0 Å². The van der Waals surface area contributed by atoms with Crippen LogP contribution in [-0.2, 0) is 26.2 Å². The van der Waals surface area contributed by atoms with Crippen LogP contribution in [0, 0.1) is 6.92 Å². The summed E-state index contributed by atoms with van der Waals surface area (Å²) < 4.78 is 26.0. The minimum absolute atomic E-state index is 0.0201.